The first kappa shape index (κ1) is 12.3. The summed E-state index contributed by atoms with van der Waals surface area (Å²) in [6.45, 7) is 0.811. The summed E-state index contributed by atoms with van der Waals surface area (Å²) in [6.07, 6.45) is 7.43. The van der Waals surface area contributed by atoms with Gasteiger partial charge in [-0.25, -0.2) is 0 Å². The molecule has 1 fully saturated rings. The molecule has 2 nitrogen and oxygen atoms in total. The molecule has 17 heavy (non-hydrogen) atoms. The highest BCUT2D eigenvalue weighted by Crippen LogP contribution is 2.24. The molecule has 1 saturated carbocycles. The first-order valence-electron chi connectivity index (χ1n) is 6.45. The third kappa shape index (κ3) is 3.97. The first-order chi connectivity index (χ1) is 8.38. The molecule has 0 spiro atoms. The Morgan fingerprint density at radius 1 is 1.18 bits per heavy atom. The van der Waals surface area contributed by atoms with Crippen LogP contribution in [0.5, 0.6) is 0 Å². The lowest BCUT2D eigenvalue weighted by atomic mass is 9.88. The van der Waals surface area contributed by atoms with Crippen LogP contribution in [0, 0.1) is 5.92 Å². The Balaban J connectivity index is 1.75. The molecule has 0 amide bonds. The van der Waals surface area contributed by atoms with Crippen LogP contribution in [0.25, 0.3) is 0 Å². The van der Waals surface area contributed by atoms with Crippen molar-refractivity contribution in [1.82, 2.24) is 0 Å². The molecule has 0 aliphatic heterocycles. The zero-order valence-corrected chi connectivity index (χ0v) is 10.5. The van der Waals surface area contributed by atoms with Crippen molar-refractivity contribution >= 4 is 6.21 Å². The minimum absolute atomic E-state index is 0.480. The second-order valence-corrected chi connectivity index (χ2v) is 4.75. The number of nitrogens with zero attached hydrogens (tertiary/aromatic N) is 1. The van der Waals surface area contributed by atoms with E-state index < -0.39 is 0 Å². The lowest BCUT2D eigenvalue weighted by Gasteiger charge is -2.24. The highest BCUT2D eigenvalue weighted by Gasteiger charge is 2.18. The molecule has 0 heterocycles. The summed E-state index contributed by atoms with van der Waals surface area (Å²) in [5.74, 6) is 0.658. The number of benzene rings is 1. The van der Waals surface area contributed by atoms with E-state index in [0.29, 0.717) is 12.0 Å². The Morgan fingerprint density at radius 2 is 1.88 bits per heavy atom. The summed E-state index contributed by atoms with van der Waals surface area (Å²) in [5.41, 5.74) is 1.29. The molecule has 1 aliphatic rings. The normalized spacial score (nSPS) is 25.2. The molecular formula is C15H21NO. The number of methoxy groups -OCH3 is 1. The maximum Gasteiger partial charge on any atom is 0.0635 e. The highest BCUT2D eigenvalue weighted by molar-refractivity contribution is 5.60. The molecule has 0 unspecified atom stereocenters. The fraction of sp³-hybridized carbons (Fsp3) is 0.533. The Hall–Kier alpha value is -1.15. The van der Waals surface area contributed by atoms with E-state index in [4.69, 9.17) is 4.74 Å². The van der Waals surface area contributed by atoms with Crippen LogP contribution in [0.4, 0.5) is 0 Å². The van der Waals surface area contributed by atoms with Crippen molar-refractivity contribution in [1.29, 1.82) is 0 Å². The Morgan fingerprint density at radius 3 is 2.53 bits per heavy atom. The SMILES string of the molecule is COC1CCC(C=NCc2ccccc2)CC1. The van der Waals surface area contributed by atoms with E-state index in [2.05, 4.69) is 35.5 Å². The Kier molecular flexibility index (Phi) is 4.75. The molecular weight excluding hydrogens is 210 g/mol. The summed E-state index contributed by atoms with van der Waals surface area (Å²) in [4.78, 5) is 4.55. The maximum absolute atomic E-state index is 5.37. The topological polar surface area (TPSA) is 21.6 Å². The van der Waals surface area contributed by atoms with Crippen LogP contribution in [0.1, 0.15) is 31.2 Å². The lowest BCUT2D eigenvalue weighted by Crippen LogP contribution is -2.20. The number of rotatable bonds is 4. The average molecular weight is 231 g/mol. The molecule has 92 valence electrons. The molecule has 1 aliphatic carbocycles. The van der Waals surface area contributed by atoms with Crippen LogP contribution in [0.3, 0.4) is 0 Å². The fourth-order valence-electron chi connectivity index (χ4n) is 2.36. The van der Waals surface area contributed by atoms with Crippen molar-refractivity contribution < 1.29 is 4.74 Å². The first-order valence-corrected chi connectivity index (χ1v) is 6.45. The minimum atomic E-state index is 0.480. The summed E-state index contributed by atoms with van der Waals surface area (Å²) in [5, 5.41) is 0. The molecule has 0 bridgehead atoms. The van der Waals surface area contributed by atoms with E-state index >= 15 is 0 Å². The van der Waals surface area contributed by atoms with Gasteiger partial charge in [-0.2, -0.15) is 0 Å². The fourth-order valence-corrected chi connectivity index (χ4v) is 2.36. The van der Waals surface area contributed by atoms with Gasteiger partial charge in [0.1, 0.15) is 0 Å². The van der Waals surface area contributed by atoms with E-state index in [1.165, 1.54) is 31.2 Å². The lowest BCUT2D eigenvalue weighted by molar-refractivity contribution is 0.0651. The molecule has 0 radical (unpaired) electrons. The second kappa shape index (κ2) is 6.55. The van der Waals surface area contributed by atoms with Gasteiger partial charge in [0.05, 0.1) is 12.6 Å². The van der Waals surface area contributed by atoms with E-state index in [1.54, 1.807) is 0 Å². The molecule has 0 atom stereocenters. The molecule has 0 saturated heterocycles. The van der Waals surface area contributed by atoms with Crippen LogP contribution in [-0.4, -0.2) is 19.4 Å². The number of aliphatic imine (C=N–C) groups is 1. The van der Waals surface area contributed by atoms with E-state index in [1.807, 2.05) is 13.2 Å². The zero-order chi connectivity index (χ0) is 11.9. The number of ether oxygens (including phenoxy) is 1. The van der Waals surface area contributed by atoms with Gasteiger partial charge >= 0.3 is 0 Å². The Labute approximate surface area is 104 Å². The molecule has 2 rings (SSSR count). The summed E-state index contributed by atoms with van der Waals surface area (Å²) < 4.78 is 5.37. The zero-order valence-electron chi connectivity index (χ0n) is 10.5. The van der Waals surface area contributed by atoms with E-state index in [9.17, 15) is 0 Å². The van der Waals surface area contributed by atoms with Crippen molar-refractivity contribution in [3.05, 3.63) is 35.9 Å². The van der Waals surface area contributed by atoms with Crippen LogP contribution >= 0.6 is 0 Å². The minimum Gasteiger partial charge on any atom is -0.381 e. The second-order valence-electron chi connectivity index (χ2n) is 4.75. The monoisotopic (exact) mass is 231 g/mol. The smallest absolute Gasteiger partial charge is 0.0635 e. The quantitative estimate of drug-likeness (QED) is 0.727. The van der Waals surface area contributed by atoms with Gasteiger partial charge in [0.25, 0.3) is 0 Å². The van der Waals surface area contributed by atoms with E-state index in [0.717, 1.165) is 6.54 Å². The van der Waals surface area contributed by atoms with Gasteiger partial charge in [-0.1, -0.05) is 30.3 Å². The van der Waals surface area contributed by atoms with Crippen LogP contribution in [-0.2, 0) is 11.3 Å². The third-order valence-corrected chi connectivity index (χ3v) is 3.49. The molecule has 0 aromatic heterocycles. The predicted octanol–water partition coefficient (Wildman–Crippen LogP) is 3.46. The summed E-state index contributed by atoms with van der Waals surface area (Å²) in [7, 11) is 1.81. The van der Waals surface area contributed by atoms with Crippen molar-refractivity contribution in [3.63, 3.8) is 0 Å². The maximum atomic E-state index is 5.37. The molecule has 0 N–H and O–H groups in total. The number of hydrogen-bond donors (Lipinski definition) is 0. The third-order valence-electron chi connectivity index (χ3n) is 3.49. The van der Waals surface area contributed by atoms with Gasteiger partial charge in [0, 0.05) is 13.3 Å². The predicted molar refractivity (Wildman–Crippen MR) is 71.4 cm³/mol. The highest BCUT2D eigenvalue weighted by atomic mass is 16.5. The largest absolute Gasteiger partial charge is 0.381 e. The van der Waals surface area contributed by atoms with Crippen molar-refractivity contribution in [3.8, 4) is 0 Å². The molecule has 1 aromatic rings. The summed E-state index contributed by atoms with van der Waals surface area (Å²) in [6, 6.07) is 10.4. The molecule has 2 heteroatoms. The number of hydrogen-bond acceptors (Lipinski definition) is 2. The van der Waals surface area contributed by atoms with E-state index in [-0.39, 0.29) is 0 Å². The van der Waals surface area contributed by atoms with Gasteiger partial charge in [-0.3, -0.25) is 4.99 Å². The van der Waals surface area contributed by atoms with Crippen molar-refractivity contribution in [2.75, 3.05) is 7.11 Å². The van der Waals surface area contributed by atoms with Crippen LogP contribution in [0.2, 0.25) is 0 Å². The van der Waals surface area contributed by atoms with Crippen molar-refractivity contribution in [2.24, 2.45) is 10.9 Å². The van der Waals surface area contributed by atoms with Crippen molar-refractivity contribution in [2.45, 2.75) is 38.3 Å². The molecule has 1 aromatic carbocycles. The standard InChI is InChI=1S/C15H21NO/c1-17-15-9-7-14(8-10-15)12-16-11-13-5-3-2-4-6-13/h2-6,12,14-15H,7-11H2,1H3. The summed E-state index contributed by atoms with van der Waals surface area (Å²) >= 11 is 0. The average Bonchev–Trinajstić information content (AvgIpc) is 2.41. The van der Waals surface area contributed by atoms with Gasteiger partial charge in [0.15, 0.2) is 0 Å². The van der Waals surface area contributed by atoms with Gasteiger partial charge in [0.2, 0.25) is 0 Å². The van der Waals surface area contributed by atoms with Crippen LogP contribution < -0.4 is 0 Å². The Bertz CT molecular complexity index is 339. The van der Waals surface area contributed by atoms with Gasteiger partial charge in [-0.15, -0.1) is 0 Å². The van der Waals surface area contributed by atoms with Crippen LogP contribution in [0.15, 0.2) is 35.3 Å². The van der Waals surface area contributed by atoms with Gasteiger partial charge < -0.3 is 4.74 Å². The van der Waals surface area contributed by atoms with Gasteiger partial charge in [-0.05, 0) is 37.2 Å².